The van der Waals surface area contributed by atoms with E-state index in [1.807, 2.05) is 30.3 Å². The summed E-state index contributed by atoms with van der Waals surface area (Å²) < 4.78 is 37.4. The monoisotopic (exact) mass is 614 g/mol. The molecular formula is C33H35FN6O5. The van der Waals surface area contributed by atoms with Gasteiger partial charge < -0.3 is 23.9 Å². The van der Waals surface area contributed by atoms with Crippen LogP contribution in [0.2, 0.25) is 0 Å². The van der Waals surface area contributed by atoms with Gasteiger partial charge in [-0.1, -0.05) is 32.0 Å². The zero-order valence-corrected chi connectivity index (χ0v) is 25.6. The molecule has 3 aromatic carbocycles. The van der Waals surface area contributed by atoms with Crippen LogP contribution in [0, 0.1) is 11.7 Å². The van der Waals surface area contributed by atoms with Gasteiger partial charge in [-0.2, -0.15) is 0 Å². The van der Waals surface area contributed by atoms with E-state index in [4.69, 9.17) is 18.9 Å². The summed E-state index contributed by atoms with van der Waals surface area (Å²) in [6.45, 7) is 5.65. The molecule has 0 bridgehead atoms. The molecular weight excluding hydrogens is 579 g/mol. The average molecular weight is 615 g/mol. The maximum atomic E-state index is 13.6. The first-order chi connectivity index (χ1) is 21.8. The zero-order chi connectivity index (χ0) is 31.5. The lowest BCUT2D eigenvalue weighted by Gasteiger charge is -2.33. The predicted molar refractivity (Wildman–Crippen MR) is 165 cm³/mol. The van der Waals surface area contributed by atoms with Gasteiger partial charge in [0.05, 0.1) is 32.3 Å². The SMILES string of the molecule is COc1ccc(CCN(Cc2cc3cc4c(cc3[nH]c2=O)OCO4)[C@H](c2nnnn2Cc2ccc(F)cc2)C(C)C)cc1OC. The van der Waals surface area contributed by atoms with Crippen molar-refractivity contribution < 1.29 is 23.3 Å². The van der Waals surface area contributed by atoms with Crippen molar-refractivity contribution in [3.8, 4) is 23.0 Å². The van der Waals surface area contributed by atoms with Crippen molar-refractivity contribution in [1.82, 2.24) is 30.1 Å². The molecule has 3 heterocycles. The number of hydrogen-bond acceptors (Lipinski definition) is 9. The number of fused-ring (bicyclic) bond motifs is 2. The summed E-state index contributed by atoms with van der Waals surface area (Å²) in [5.74, 6) is 2.98. The van der Waals surface area contributed by atoms with Gasteiger partial charge in [0.2, 0.25) is 6.79 Å². The van der Waals surface area contributed by atoms with E-state index >= 15 is 0 Å². The van der Waals surface area contributed by atoms with Gasteiger partial charge in [-0.05, 0) is 70.3 Å². The summed E-state index contributed by atoms with van der Waals surface area (Å²) in [6.07, 6.45) is 0.660. The van der Waals surface area contributed by atoms with Crippen molar-refractivity contribution >= 4 is 10.9 Å². The maximum Gasteiger partial charge on any atom is 0.252 e. The topological polar surface area (TPSA) is 117 Å². The standard InChI is InChI=1S/C33H35FN6O5/c1-20(2)31(32-36-37-38-40(32)17-22-5-8-25(34)9-6-22)39(12-11-21-7-10-27(42-3)28(13-21)43-4)18-24-14-23-15-29-30(45-19-44-29)16-26(23)35-33(24)41/h5-10,13-16,20,31H,11-12,17-19H2,1-4H3,(H,35,41)/t31-/m0/s1. The van der Waals surface area contributed by atoms with Crippen LogP contribution in [0.1, 0.15) is 42.4 Å². The van der Waals surface area contributed by atoms with Crippen LogP contribution in [0.5, 0.6) is 23.0 Å². The van der Waals surface area contributed by atoms with Crippen LogP contribution in [0.4, 0.5) is 4.39 Å². The fourth-order valence-corrected chi connectivity index (χ4v) is 5.78. The molecule has 0 unspecified atom stereocenters. The van der Waals surface area contributed by atoms with Gasteiger partial charge in [0.25, 0.3) is 5.56 Å². The van der Waals surface area contributed by atoms with E-state index in [1.165, 1.54) is 12.1 Å². The van der Waals surface area contributed by atoms with Crippen LogP contribution >= 0.6 is 0 Å². The fourth-order valence-electron chi connectivity index (χ4n) is 5.78. The molecule has 0 fully saturated rings. The molecule has 0 saturated heterocycles. The van der Waals surface area contributed by atoms with E-state index in [9.17, 15) is 9.18 Å². The van der Waals surface area contributed by atoms with E-state index in [0.29, 0.717) is 66.0 Å². The van der Waals surface area contributed by atoms with Crippen LogP contribution in [0.3, 0.4) is 0 Å². The first-order valence-electron chi connectivity index (χ1n) is 14.7. The molecule has 1 atom stereocenters. The minimum absolute atomic E-state index is 0.0710. The number of benzene rings is 3. The van der Waals surface area contributed by atoms with Crippen LogP contribution < -0.4 is 24.5 Å². The average Bonchev–Trinajstić information content (AvgIpc) is 3.69. The molecule has 0 aliphatic carbocycles. The van der Waals surface area contributed by atoms with Gasteiger partial charge in [-0.25, -0.2) is 9.07 Å². The van der Waals surface area contributed by atoms with E-state index in [-0.39, 0.29) is 30.1 Å². The van der Waals surface area contributed by atoms with Crippen molar-refractivity contribution in [2.75, 3.05) is 27.6 Å². The summed E-state index contributed by atoms with van der Waals surface area (Å²) in [7, 11) is 3.22. The molecule has 0 saturated carbocycles. The van der Waals surface area contributed by atoms with Crippen molar-refractivity contribution in [2.45, 2.75) is 39.4 Å². The molecule has 5 aromatic rings. The first kappa shape index (κ1) is 30.1. The quantitative estimate of drug-likeness (QED) is 0.210. The molecule has 1 N–H and O–H groups in total. The number of H-pyrrole nitrogens is 1. The number of nitrogens with zero attached hydrogens (tertiary/aromatic N) is 5. The van der Waals surface area contributed by atoms with Crippen molar-refractivity contribution in [2.24, 2.45) is 5.92 Å². The highest BCUT2D eigenvalue weighted by Crippen LogP contribution is 2.36. The number of tetrazole rings is 1. The first-order valence-corrected chi connectivity index (χ1v) is 14.7. The molecule has 12 heteroatoms. The van der Waals surface area contributed by atoms with Gasteiger partial charge in [0.1, 0.15) is 5.82 Å². The fraction of sp³-hybridized carbons (Fsp3) is 0.333. The second kappa shape index (κ2) is 12.9. The second-order valence-electron chi connectivity index (χ2n) is 11.3. The van der Waals surface area contributed by atoms with Gasteiger partial charge >= 0.3 is 0 Å². The molecule has 1 aliphatic rings. The Balaban J connectivity index is 1.36. The molecule has 0 radical (unpaired) electrons. The van der Waals surface area contributed by atoms with Gasteiger partial charge in [-0.3, -0.25) is 9.69 Å². The minimum Gasteiger partial charge on any atom is -0.493 e. The van der Waals surface area contributed by atoms with Crippen LogP contribution in [0.15, 0.2) is 65.5 Å². The third-order valence-electron chi connectivity index (χ3n) is 8.02. The Morgan fingerprint density at radius 3 is 2.44 bits per heavy atom. The van der Waals surface area contributed by atoms with Crippen molar-refractivity contribution in [1.29, 1.82) is 0 Å². The number of hydrogen-bond donors (Lipinski definition) is 1. The van der Waals surface area contributed by atoms with E-state index < -0.39 is 0 Å². The lowest BCUT2D eigenvalue weighted by molar-refractivity contribution is 0.136. The Morgan fingerprint density at radius 2 is 1.71 bits per heavy atom. The molecule has 1 aliphatic heterocycles. The Labute approximate surface area is 259 Å². The molecule has 0 spiro atoms. The van der Waals surface area contributed by atoms with Crippen molar-refractivity contribution in [3.05, 3.63) is 99.3 Å². The number of halogens is 1. The minimum atomic E-state index is -0.304. The zero-order valence-electron chi connectivity index (χ0n) is 25.6. The molecule has 11 nitrogen and oxygen atoms in total. The molecule has 6 rings (SSSR count). The summed E-state index contributed by atoms with van der Waals surface area (Å²) >= 11 is 0. The second-order valence-corrected chi connectivity index (χ2v) is 11.3. The third-order valence-corrected chi connectivity index (χ3v) is 8.02. The number of pyridine rings is 1. The number of nitrogens with one attached hydrogen (secondary N) is 1. The van der Waals surface area contributed by atoms with Crippen LogP contribution in [0.25, 0.3) is 10.9 Å². The molecule has 234 valence electrons. The summed E-state index contributed by atoms with van der Waals surface area (Å²) in [4.78, 5) is 18.7. The van der Waals surface area contributed by atoms with E-state index in [1.54, 1.807) is 37.1 Å². The lowest BCUT2D eigenvalue weighted by atomic mass is 9.99. The summed E-state index contributed by atoms with van der Waals surface area (Å²) in [5.41, 5.74) is 3.00. The number of aromatic amines is 1. The maximum absolute atomic E-state index is 13.6. The summed E-state index contributed by atoms with van der Waals surface area (Å²) in [5, 5.41) is 13.6. The highest BCUT2D eigenvalue weighted by molar-refractivity contribution is 5.83. The largest absolute Gasteiger partial charge is 0.493 e. The number of rotatable bonds is 12. The Hall–Kier alpha value is -4.97. The van der Waals surface area contributed by atoms with Crippen LogP contribution in [-0.4, -0.2) is 57.6 Å². The Bertz CT molecular complexity index is 1860. The number of aromatic nitrogens is 5. The molecule has 0 amide bonds. The lowest BCUT2D eigenvalue weighted by Crippen LogP contribution is -2.37. The molecule has 45 heavy (non-hydrogen) atoms. The highest BCUT2D eigenvalue weighted by Gasteiger charge is 2.30. The predicted octanol–water partition coefficient (Wildman–Crippen LogP) is 4.89. The van der Waals surface area contributed by atoms with E-state index in [0.717, 1.165) is 16.5 Å². The molecule has 2 aromatic heterocycles. The third kappa shape index (κ3) is 6.46. The number of ether oxygens (including phenoxy) is 4. The number of methoxy groups -OCH3 is 2. The van der Waals surface area contributed by atoms with Crippen molar-refractivity contribution in [3.63, 3.8) is 0 Å². The Kier molecular flexibility index (Phi) is 8.65. The Morgan fingerprint density at radius 1 is 0.978 bits per heavy atom. The van der Waals surface area contributed by atoms with Gasteiger partial charge in [0.15, 0.2) is 28.8 Å². The normalized spacial score (nSPS) is 13.1. The smallest absolute Gasteiger partial charge is 0.252 e. The van der Waals surface area contributed by atoms with E-state index in [2.05, 4.69) is 39.3 Å². The van der Waals surface area contributed by atoms with Gasteiger partial charge in [0, 0.05) is 30.1 Å². The highest BCUT2D eigenvalue weighted by atomic mass is 19.1. The van der Waals surface area contributed by atoms with Gasteiger partial charge in [-0.15, -0.1) is 5.10 Å². The van der Waals surface area contributed by atoms with Crippen LogP contribution in [-0.2, 0) is 19.5 Å². The summed E-state index contributed by atoms with van der Waals surface area (Å²) in [6, 6.07) is 17.5.